The number of aliphatic imine (C=N–C) groups is 1. The Morgan fingerprint density at radius 3 is 2.68 bits per heavy atom. The Hall–Kier alpha value is -2.62. The lowest BCUT2D eigenvalue weighted by molar-refractivity contribution is -0.118. The zero-order valence-corrected chi connectivity index (χ0v) is 16.3. The zero-order chi connectivity index (χ0) is 20.7. The number of nitrogens with zero attached hydrogens (tertiary/aromatic N) is 4. The number of carbonyl (C=O) groups excluding carboxylic acids is 1. The van der Waals surface area contributed by atoms with Gasteiger partial charge in [0.2, 0.25) is 11.8 Å². The molecule has 2 rings (SSSR count). The van der Waals surface area contributed by atoms with E-state index in [1.165, 1.54) is 0 Å². The van der Waals surface area contributed by atoms with Crippen molar-refractivity contribution in [1.29, 1.82) is 0 Å². The molecule has 1 amide bonds. The highest BCUT2D eigenvalue weighted by atomic mass is 16.5. The third-order valence-electron chi connectivity index (χ3n) is 4.49. The van der Waals surface area contributed by atoms with Crippen molar-refractivity contribution in [3.63, 3.8) is 0 Å². The van der Waals surface area contributed by atoms with Crippen LogP contribution in [0.5, 0.6) is 0 Å². The summed E-state index contributed by atoms with van der Waals surface area (Å²) >= 11 is 0. The van der Waals surface area contributed by atoms with Gasteiger partial charge in [0, 0.05) is 6.54 Å². The fourth-order valence-electron chi connectivity index (χ4n) is 2.77. The number of rotatable bonds is 10. The van der Waals surface area contributed by atoms with E-state index in [1.54, 1.807) is 4.90 Å². The number of amides is 1. The molecule has 2 aromatic rings. The predicted octanol–water partition coefficient (Wildman–Crippen LogP) is 1.19. The SMILES string of the molecule is C=Nc1cc(C)c(C)cc1N(CCC(O)CCN)C(=O)Cc1nc(CO)no1. The van der Waals surface area contributed by atoms with Crippen molar-refractivity contribution in [3.8, 4) is 0 Å². The minimum Gasteiger partial charge on any atom is -0.393 e. The molecule has 0 aliphatic carbocycles. The summed E-state index contributed by atoms with van der Waals surface area (Å²) in [5.41, 5.74) is 8.71. The van der Waals surface area contributed by atoms with Crippen LogP contribution in [-0.4, -0.2) is 52.2 Å². The number of aromatic nitrogens is 2. The highest BCUT2D eigenvalue weighted by molar-refractivity contribution is 5.97. The highest BCUT2D eigenvalue weighted by Gasteiger charge is 2.23. The van der Waals surface area contributed by atoms with Gasteiger partial charge in [0.25, 0.3) is 0 Å². The third-order valence-corrected chi connectivity index (χ3v) is 4.49. The van der Waals surface area contributed by atoms with Gasteiger partial charge in [-0.25, -0.2) is 0 Å². The highest BCUT2D eigenvalue weighted by Crippen LogP contribution is 2.32. The van der Waals surface area contributed by atoms with Gasteiger partial charge in [-0.1, -0.05) is 5.16 Å². The largest absolute Gasteiger partial charge is 0.393 e. The van der Waals surface area contributed by atoms with Gasteiger partial charge in [-0.2, -0.15) is 4.98 Å². The number of aliphatic hydroxyl groups is 2. The first-order chi connectivity index (χ1) is 13.4. The Morgan fingerprint density at radius 2 is 2.07 bits per heavy atom. The van der Waals surface area contributed by atoms with Crippen LogP contribution in [0, 0.1) is 13.8 Å². The van der Waals surface area contributed by atoms with E-state index in [9.17, 15) is 9.90 Å². The molecule has 1 aromatic heterocycles. The van der Waals surface area contributed by atoms with Crippen LogP contribution >= 0.6 is 0 Å². The van der Waals surface area contributed by atoms with Gasteiger partial charge in [-0.3, -0.25) is 9.79 Å². The molecule has 0 aliphatic heterocycles. The minimum atomic E-state index is -0.614. The normalized spacial score (nSPS) is 12.0. The van der Waals surface area contributed by atoms with Gasteiger partial charge in [-0.15, -0.1) is 0 Å². The summed E-state index contributed by atoms with van der Waals surface area (Å²) in [5.74, 6) is -0.0629. The van der Waals surface area contributed by atoms with Crippen LogP contribution < -0.4 is 10.6 Å². The number of aliphatic hydroxyl groups excluding tert-OH is 2. The van der Waals surface area contributed by atoms with Crippen molar-refractivity contribution in [2.45, 2.75) is 45.8 Å². The molecule has 4 N–H and O–H groups in total. The average Bonchev–Trinajstić information content (AvgIpc) is 3.12. The van der Waals surface area contributed by atoms with E-state index in [4.69, 9.17) is 15.4 Å². The number of hydrogen-bond donors (Lipinski definition) is 3. The summed E-state index contributed by atoms with van der Waals surface area (Å²) < 4.78 is 5.01. The van der Waals surface area contributed by atoms with E-state index in [1.807, 2.05) is 26.0 Å². The Morgan fingerprint density at radius 1 is 1.36 bits per heavy atom. The number of carbonyl (C=O) groups is 1. The van der Waals surface area contributed by atoms with Gasteiger partial charge in [0.15, 0.2) is 5.82 Å². The molecule has 0 bridgehead atoms. The maximum Gasteiger partial charge on any atom is 0.236 e. The molecular formula is C19H27N5O4. The summed E-state index contributed by atoms with van der Waals surface area (Å²) in [5, 5.41) is 22.7. The van der Waals surface area contributed by atoms with E-state index < -0.39 is 6.10 Å². The number of nitrogens with two attached hydrogens (primary N) is 1. The molecule has 0 aliphatic rings. The lowest BCUT2D eigenvalue weighted by atomic mass is 10.1. The fourth-order valence-corrected chi connectivity index (χ4v) is 2.77. The molecule has 0 saturated carbocycles. The average molecular weight is 389 g/mol. The molecule has 1 aromatic carbocycles. The topological polar surface area (TPSA) is 138 Å². The van der Waals surface area contributed by atoms with E-state index in [-0.39, 0.29) is 37.2 Å². The van der Waals surface area contributed by atoms with Crippen LogP contribution in [0.25, 0.3) is 0 Å². The number of aryl methyl sites for hydroxylation is 2. The number of hydrogen-bond acceptors (Lipinski definition) is 8. The summed E-state index contributed by atoms with van der Waals surface area (Å²) in [6, 6.07) is 3.74. The summed E-state index contributed by atoms with van der Waals surface area (Å²) in [7, 11) is 0. The maximum absolute atomic E-state index is 13.0. The van der Waals surface area contributed by atoms with Crippen LogP contribution in [0.15, 0.2) is 21.6 Å². The van der Waals surface area contributed by atoms with Gasteiger partial charge in [0.05, 0.1) is 17.5 Å². The standard InChI is InChI=1S/C19H27N5O4/c1-12-8-15(21-3)16(9-13(12)2)24(7-5-14(26)4-6-20)19(27)10-18-22-17(11-25)23-28-18/h8-9,14,25-26H,3-7,10-11,20H2,1-2H3. The van der Waals surface area contributed by atoms with Crippen molar-refractivity contribution in [2.24, 2.45) is 10.7 Å². The molecule has 0 saturated heterocycles. The Labute approximate surface area is 163 Å². The van der Waals surface area contributed by atoms with Gasteiger partial charge in [-0.05, 0) is 63.2 Å². The Kier molecular flexibility index (Phi) is 7.80. The second-order valence-corrected chi connectivity index (χ2v) is 6.59. The smallest absolute Gasteiger partial charge is 0.236 e. The fraction of sp³-hybridized carbons (Fsp3) is 0.474. The molecule has 152 valence electrons. The molecule has 1 heterocycles. The predicted molar refractivity (Wildman–Crippen MR) is 106 cm³/mol. The first-order valence-electron chi connectivity index (χ1n) is 9.08. The van der Waals surface area contributed by atoms with E-state index in [2.05, 4.69) is 21.9 Å². The summed E-state index contributed by atoms with van der Waals surface area (Å²) in [4.78, 5) is 22.6. The van der Waals surface area contributed by atoms with Gasteiger partial charge < -0.3 is 25.4 Å². The molecule has 9 heteroatoms. The van der Waals surface area contributed by atoms with Gasteiger partial charge in [0.1, 0.15) is 13.0 Å². The molecule has 28 heavy (non-hydrogen) atoms. The van der Waals surface area contributed by atoms with Crippen molar-refractivity contribution < 1.29 is 19.5 Å². The van der Waals surface area contributed by atoms with Crippen molar-refractivity contribution in [2.75, 3.05) is 18.0 Å². The second-order valence-electron chi connectivity index (χ2n) is 6.59. The molecule has 1 unspecified atom stereocenters. The summed E-state index contributed by atoms with van der Waals surface area (Å²) in [6.45, 7) is 7.78. The van der Waals surface area contributed by atoms with Crippen molar-refractivity contribution in [3.05, 3.63) is 35.0 Å². The number of anilines is 1. The van der Waals surface area contributed by atoms with E-state index in [0.29, 0.717) is 30.8 Å². The van der Waals surface area contributed by atoms with E-state index >= 15 is 0 Å². The monoisotopic (exact) mass is 389 g/mol. The second kappa shape index (κ2) is 10.1. The molecule has 0 radical (unpaired) electrons. The zero-order valence-electron chi connectivity index (χ0n) is 16.3. The minimum absolute atomic E-state index is 0.110. The lowest BCUT2D eigenvalue weighted by Gasteiger charge is -2.26. The summed E-state index contributed by atoms with van der Waals surface area (Å²) in [6.07, 6.45) is 0.0589. The van der Waals surface area contributed by atoms with Crippen LogP contribution in [0.2, 0.25) is 0 Å². The van der Waals surface area contributed by atoms with Crippen LogP contribution in [-0.2, 0) is 17.8 Å². The molecule has 1 atom stereocenters. The first kappa shape index (κ1) is 21.7. The first-order valence-corrected chi connectivity index (χ1v) is 9.08. The lowest BCUT2D eigenvalue weighted by Crippen LogP contribution is -2.35. The molecule has 0 spiro atoms. The molecule has 0 fully saturated rings. The van der Waals surface area contributed by atoms with Crippen LogP contribution in [0.1, 0.15) is 35.7 Å². The van der Waals surface area contributed by atoms with Crippen molar-refractivity contribution >= 4 is 24.0 Å². The number of benzene rings is 1. The third kappa shape index (κ3) is 5.44. The Balaban J connectivity index is 2.31. The Bertz CT molecular complexity index is 821. The van der Waals surface area contributed by atoms with E-state index in [0.717, 1.165) is 11.1 Å². The quantitative estimate of drug-likeness (QED) is 0.519. The maximum atomic E-state index is 13.0. The molecule has 9 nitrogen and oxygen atoms in total. The van der Waals surface area contributed by atoms with Crippen molar-refractivity contribution in [1.82, 2.24) is 10.1 Å². The van der Waals surface area contributed by atoms with Crippen LogP contribution in [0.3, 0.4) is 0 Å². The van der Waals surface area contributed by atoms with Crippen LogP contribution in [0.4, 0.5) is 11.4 Å². The molecular weight excluding hydrogens is 362 g/mol. The van der Waals surface area contributed by atoms with Gasteiger partial charge >= 0.3 is 0 Å².